The third kappa shape index (κ3) is 4.75. The topological polar surface area (TPSA) is 68.1 Å². The van der Waals surface area contributed by atoms with E-state index in [-0.39, 0.29) is 10.6 Å². The molecule has 0 aliphatic heterocycles. The highest BCUT2D eigenvalue weighted by Crippen LogP contribution is 2.24. The van der Waals surface area contributed by atoms with Gasteiger partial charge in [0.05, 0.1) is 4.92 Å². The second-order valence-corrected chi connectivity index (χ2v) is 5.57. The van der Waals surface area contributed by atoms with Crippen molar-refractivity contribution in [3.05, 3.63) is 58.3 Å². The number of nitrogens with zero attached hydrogens (tertiary/aromatic N) is 2. The molecule has 1 aromatic heterocycles. The maximum absolute atomic E-state index is 10.6. The molecule has 0 fully saturated rings. The number of nitro benzene ring substituents is 1. The van der Waals surface area contributed by atoms with Gasteiger partial charge in [-0.25, -0.2) is 4.98 Å². The average Bonchev–Trinajstić information content (AvgIpc) is 2.52. The Kier molecular flexibility index (Phi) is 5.57. The standard InChI is InChI=1S/C15H17N3O2S/c1-2-9-16-15-8-3-12(10-17-15)11-21-14-6-4-13(5-7-14)18(19)20/h3-8,10H,2,9,11H2,1H3,(H,16,17). The van der Waals surface area contributed by atoms with Gasteiger partial charge >= 0.3 is 0 Å². The molecule has 0 bridgehead atoms. The minimum Gasteiger partial charge on any atom is -0.370 e. The molecule has 0 spiro atoms. The van der Waals surface area contributed by atoms with E-state index < -0.39 is 0 Å². The van der Waals surface area contributed by atoms with E-state index in [1.54, 1.807) is 23.9 Å². The summed E-state index contributed by atoms with van der Waals surface area (Å²) >= 11 is 1.63. The van der Waals surface area contributed by atoms with Crippen LogP contribution in [0.3, 0.4) is 0 Å². The highest BCUT2D eigenvalue weighted by molar-refractivity contribution is 7.98. The number of thioether (sulfide) groups is 1. The first kappa shape index (κ1) is 15.3. The number of nitro groups is 1. The lowest BCUT2D eigenvalue weighted by Crippen LogP contribution is -2.01. The van der Waals surface area contributed by atoms with Crippen molar-refractivity contribution in [2.24, 2.45) is 0 Å². The fourth-order valence-corrected chi connectivity index (χ4v) is 2.53. The molecule has 0 radical (unpaired) electrons. The molecule has 2 rings (SSSR count). The highest BCUT2D eigenvalue weighted by atomic mass is 32.2. The van der Waals surface area contributed by atoms with Crippen molar-refractivity contribution in [2.45, 2.75) is 24.0 Å². The quantitative estimate of drug-likeness (QED) is 0.474. The van der Waals surface area contributed by atoms with Crippen molar-refractivity contribution in [1.82, 2.24) is 4.98 Å². The molecule has 0 saturated carbocycles. The minimum atomic E-state index is -0.388. The van der Waals surface area contributed by atoms with Gasteiger partial charge in [0, 0.05) is 35.5 Å². The Hall–Kier alpha value is -2.08. The summed E-state index contributed by atoms with van der Waals surface area (Å²) < 4.78 is 0. The molecule has 0 unspecified atom stereocenters. The fraction of sp³-hybridized carbons (Fsp3) is 0.267. The summed E-state index contributed by atoms with van der Waals surface area (Å²) in [6.45, 7) is 3.03. The van der Waals surface area contributed by atoms with Crippen molar-refractivity contribution in [1.29, 1.82) is 0 Å². The zero-order chi connectivity index (χ0) is 15.1. The lowest BCUT2D eigenvalue weighted by atomic mass is 10.3. The summed E-state index contributed by atoms with van der Waals surface area (Å²) in [5.74, 6) is 1.68. The number of non-ortho nitro benzene ring substituents is 1. The average molecular weight is 303 g/mol. The van der Waals surface area contributed by atoms with Crippen molar-refractivity contribution in [2.75, 3.05) is 11.9 Å². The molecule has 6 heteroatoms. The van der Waals surface area contributed by atoms with Crippen LogP contribution in [-0.2, 0) is 5.75 Å². The molecule has 0 atom stereocenters. The maximum Gasteiger partial charge on any atom is 0.269 e. The molecule has 0 saturated heterocycles. The molecule has 1 N–H and O–H groups in total. The largest absolute Gasteiger partial charge is 0.370 e. The second-order valence-electron chi connectivity index (χ2n) is 4.52. The highest BCUT2D eigenvalue weighted by Gasteiger charge is 2.04. The number of rotatable bonds is 7. The van der Waals surface area contributed by atoms with Crippen LogP contribution < -0.4 is 5.32 Å². The summed E-state index contributed by atoms with van der Waals surface area (Å²) in [5, 5.41) is 13.8. The number of hydrogen-bond acceptors (Lipinski definition) is 5. The Morgan fingerprint density at radius 3 is 2.57 bits per heavy atom. The van der Waals surface area contributed by atoms with Crippen LogP contribution in [0.25, 0.3) is 0 Å². The number of nitrogens with one attached hydrogen (secondary N) is 1. The summed E-state index contributed by atoms with van der Waals surface area (Å²) in [6.07, 6.45) is 2.93. The lowest BCUT2D eigenvalue weighted by molar-refractivity contribution is -0.384. The van der Waals surface area contributed by atoms with Crippen molar-refractivity contribution in [3.63, 3.8) is 0 Å². The van der Waals surface area contributed by atoms with Gasteiger partial charge in [0.2, 0.25) is 0 Å². The SMILES string of the molecule is CCCNc1ccc(CSc2ccc([N+](=O)[O-])cc2)cn1. The van der Waals surface area contributed by atoms with Gasteiger partial charge in [-0.05, 0) is 30.2 Å². The second kappa shape index (κ2) is 7.64. The van der Waals surface area contributed by atoms with Gasteiger partial charge in [0.1, 0.15) is 5.82 Å². The predicted octanol–water partition coefficient (Wildman–Crippen LogP) is 4.10. The van der Waals surface area contributed by atoms with Crippen LogP contribution in [0.15, 0.2) is 47.5 Å². The van der Waals surface area contributed by atoms with Gasteiger partial charge in [-0.15, -0.1) is 11.8 Å². The van der Waals surface area contributed by atoms with E-state index in [1.807, 2.05) is 18.3 Å². The minimum absolute atomic E-state index is 0.118. The molecule has 21 heavy (non-hydrogen) atoms. The van der Waals surface area contributed by atoms with E-state index in [0.29, 0.717) is 0 Å². The van der Waals surface area contributed by atoms with E-state index in [0.717, 1.165) is 35.0 Å². The van der Waals surface area contributed by atoms with Crippen molar-refractivity contribution < 1.29 is 4.92 Å². The predicted molar refractivity (Wildman–Crippen MR) is 85.7 cm³/mol. The molecular weight excluding hydrogens is 286 g/mol. The number of hydrogen-bond donors (Lipinski definition) is 1. The van der Waals surface area contributed by atoms with E-state index in [9.17, 15) is 10.1 Å². The monoisotopic (exact) mass is 303 g/mol. The number of pyridine rings is 1. The van der Waals surface area contributed by atoms with Gasteiger partial charge in [-0.1, -0.05) is 13.0 Å². The smallest absolute Gasteiger partial charge is 0.269 e. The van der Waals surface area contributed by atoms with Gasteiger partial charge in [-0.2, -0.15) is 0 Å². The third-order valence-electron chi connectivity index (χ3n) is 2.83. The van der Waals surface area contributed by atoms with Crippen LogP contribution in [-0.4, -0.2) is 16.5 Å². The Morgan fingerprint density at radius 2 is 2.00 bits per heavy atom. The molecule has 0 aliphatic carbocycles. The van der Waals surface area contributed by atoms with Crippen LogP contribution in [0.2, 0.25) is 0 Å². The third-order valence-corrected chi connectivity index (χ3v) is 3.92. The molecule has 1 aromatic carbocycles. The van der Waals surface area contributed by atoms with Gasteiger partial charge in [-0.3, -0.25) is 10.1 Å². The lowest BCUT2D eigenvalue weighted by Gasteiger charge is -2.05. The molecule has 2 aromatic rings. The molecule has 0 amide bonds. The Bertz CT molecular complexity index is 585. The van der Waals surface area contributed by atoms with E-state index in [4.69, 9.17) is 0 Å². The Morgan fingerprint density at radius 1 is 1.24 bits per heavy atom. The maximum atomic E-state index is 10.6. The summed E-state index contributed by atoms with van der Waals surface area (Å²) in [5.41, 5.74) is 1.24. The fourth-order valence-electron chi connectivity index (χ4n) is 1.70. The Balaban J connectivity index is 1.88. The number of aromatic nitrogens is 1. The molecule has 1 heterocycles. The van der Waals surface area contributed by atoms with Crippen molar-refractivity contribution >= 4 is 23.3 Å². The normalized spacial score (nSPS) is 10.3. The van der Waals surface area contributed by atoms with E-state index in [1.165, 1.54) is 12.1 Å². The van der Waals surface area contributed by atoms with Gasteiger partial charge in [0.25, 0.3) is 5.69 Å². The number of benzene rings is 1. The first-order chi connectivity index (χ1) is 10.2. The Labute approximate surface area is 127 Å². The van der Waals surface area contributed by atoms with E-state index >= 15 is 0 Å². The zero-order valence-electron chi connectivity index (χ0n) is 11.8. The van der Waals surface area contributed by atoms with Crippen LogP contribution in [0.4, 0.5) is 11.5 Å². The van der Waals surface area contributed by atoms with Crippen molar-refractivity contribution in [3.8, 4) is 0 Å². The first-order valence-electron chi connectivity index (χ1n) is 6.75. The summed E-state index contributed by atoms with van der Waals surface area (Å²) in [7, 11) is 0. The summed E-state index contributed by atoms with van der Waals surface area (Å²) in [4.78, 5) is 15.6. The molecule has 5 nitrogen and oxygen atoms in total. The van der Waals surface area contributed by atoms with Crippen LogP contribution in [0, 0.1) is 10.1 Å². The first-order valence-corrected chi connectivity index (χ1v) is 7.73. The number of anilines is 1. The van der Waals surface area contributed by atoms with Gasteiger partial charge < -0.3 is 5.32 Å². The molecular formula is C15H17N3O2S. The van der Waals surface area contributed by atoms with Crippen LogP contribution in [0.5, 0.6) is 0 Å². The van der Waals surface area contributed by atoms with Gasteiger partial charge in [0.15, 0.2) is 0 Å². The van der Waals surface area contributed by atoms with Crippen LogP contribution >= 0.6 is 11.8 Å². The van der Waals surface area contributed by atoms with E-state index in [2.05, 4.69) is 17.2 Å². The van der Waals surface area contributed by atoms with Crippen LogP contribution in [0.1, 0.15) is 18.9 Å². The zero-order valence-corrected chi connectivity index (χ0v) is 12.6. The molecule has 0 aliphatic rings. The summed E-state index contributed by atoms with van der Waals surface area (Å²) in [6, 6.07) is 10.6. The molecule has 110 valence electrons.